The van der Waals surface area contributed by atoms with Crippen molar-refractivity contribution in [2.24, 2.45) is 0 Å². The molecule has 0 aliphatic heterocycles. The van der Waals surface area contributed by atoms with Crippen LogP contribution in [0.4, 0.5) is 0 Å². The molecule has 0 spiro atoms. The van der Waals surface area contributed by atoms with Crippen molar-refractivity contribution in [2.75, 3.05) is 5.75 Å². The lowest BCUT2D eigenvalue weighted by Gasteiger charge is -2.06. The van der Waals surface area contributed by atoms with E-state index in [1.807, 2.05) is 47.9 Å². The number of hydrogen-bond acceptors (Lipinski definition) is 4. The van der Waals surface area contributed by atoms with Crippen molar-refractivity contribution in [1.29, 1.82) is 0 Å². The number of rotatable bonds is 3. The highest BCUT2D eigenvalue weighted by molar-refractivity contribution is 8.01. The molecule has 0 amide bonds. The maximum absolute atomic E-state index is 12.8. The molecule has 0 saturated heterocycles. The third-order valence-electron chi connectivity index (χ3n) is 4.27. The Hall–Kier alpha value is -2.11. The highest BCUT2D eigenvalue weighted by atomic mass is 32.2. The second kappa shape index (κ2) is 6.07. The van der Waals surface area contributed by atoms with E-state index in [2.05, 4.69) is 24.0 Å². The lowest BCUT2D eigenvalue weighted by Crippen LogP contribution is -2.14. The van der Waals surface area contributed by atoms with E-state index >= 15 is 0 Å². The van der Waals surface area contributed by atoms with Crippen LogP contribution in [0.1, 0.15) is 16.1 Å². The van der Waals surface area contributed by atoms with Gasteiger partial charge in [-0.25, -0.2) is 4.98 Å². The molecule has 0 fully saturated rings. The van der Waals surface area contributed by atoms with Crippen LogP contribution in [0.15, 0.2) is 52.9 Å². The van der Waals surface area contributed by atoms with Gasteiger partial charge in [0.1, 0.15) is 0 Å². The molecule has 2 heterocycles. The van der Waals surface area contributed by atoms with Crippen molar-refractivity contribution in [2.45, 2.75) is 18.2 Å². The average Bonchev–Trinajstić information content (AvgIpc) is 3.13. The van der Waals surface area contributed by atoms with E-state index < -0.39 is 0 Å². The lowest BCUT2D eigenvalue weighted by atomic mass is 10.2. The van der Waals surface area contributed by atoms with Gasteiger partial charge in [0.15, 0.2) is 4.34 Å². The summed E-state index contributed by atoms with van der Waals surface area (Å²) in [6, 6.07) is 16.1. The lowest BCUT2D eigenvalue weighted by molar-refractivity contribution is 0.0945. The third kappa shape index (κ3) is 2.54. The summed E-state index contributed by atoms with van der Waals surface area (Å²) in [6.07, 6.45) is 0. The summed E-state index contributed by atoms with van der Waals surface area (Å²) in [5.41, 5.74) is 4.17. The Morgan fingerprint density at radius 3 is 2.71 bits per heavy atom. The zero-order valence-electron chi connectivity index (χ0n) is 13.4. The fraction of sp³-hybridized carbons (Fsp3) is 0.158. The highest BCUT2D eigenvalue weighted by Crippen LogP contribution is 2.30. The minimum atomic E-state index is 0.0982. The fourth-order valence-corrected chi connectivity index (χ4v) is 4.87. The highest BCUT2D eigenvalue weighted by Gasteiger charge is 2.16. The second-order valence-electron chi connectivity index (χ2n) is 5.69. The molecular formula is C19H16N2OS2. The zero-order valence-corrected chi connectivity index (χ0v) is 15.1. The van der Waals surface area contributed by atoms with Gasteiger partial charge >= 0.3 is 0 Å². The maximum atomic E-state index is 12.8. The second-order valence-corrected chi connectivity index (χ2v) is 7.95. The Bertz CT molecular complexity index is 1030. The smallest absolute Gasteiger partial charge is 0.241 e. The molecule has 0 N–H and O–H groups in total. The van der Waals surface area contributed by atoms with Gasteiger partial charge in [-0.2, -0.15) is 0 Å². The fourth-order valence-electron chi connectivity index (χ4n) is 2.95. The minimum absolute atomic E-state index is 0.0982. The van der Waals surface area contributed by atoms with Crippen LogP contribution in [0.5, 0.6) is 0 Å². The number of thioether (sulfide) groups is 1. The van der Waals surface area contributed by atoms with Crippen LogP contribution in [0.25, 0.3) is 21.1 Å². The predicted octanol–water partition coefficient (Wildman–Crippen LogP) is 5.30. The molecule has 0 aliphatic carbocycles. The number of aryl methyl sites for hydroxylation is 1. The maximum Gasteiger partial charge on any atom is 0.241 e. The molecule has 4 aromatic rings. The van der Waals surface area contributed by atoms with Crippen LogP contribution >= 0.6 is 23.1 Å². The summed E-state index contributed by atoms with van der Waals surface area (Å²) >= 11 is 3.15. The molecule has 24 heavy (non-hydrogen) atoms. The van der Waals surface area contributed by atoms with Gasteiger partial charge in [-0.05, 0) is 37.6 Å². The molecule has 0 atom stereocenters. The summed E-state index contributed by atoms with van der Waals surface area (Å²) in [4.78, 5) is 17.4. The molecule has 0 radical (unpaired) electrons. The summed E-state index contributed by atoms with van der Waals surface area (Å²) < 4.78 is 3.94. The van der Waals surface area contributed by atoms with Gasteiger partial charge in [0.25, 0.3) is 0 Å². The molecular weight excluding hydrogens is 336 g/mol. The van der Waals surface area contributed by atoms with Gasteiger partial charge in [0.2, 0.25) is 5.91 Å². The number of carbonyl (C=O) groups is 1. The van der Waals surface area contributed by atoms with E-state index in [1.54, 1.807) is 11.3 Å². The van der Waals surface area contributed by atoms with E-state index in [-0.39, 0.29) is 5.91 Å². The van der Waals surface area contributed by atoms with Crippen LogP contribution in [-0.4, -0.2) is 21.2 Å². The van der Waals surface area contributed by atoms with Crippen molar-refractivity contribution in [1.82, 2.24) is 9.55 Å². The molecule has 0 saturated carbocycles. The van der Waals surface area contributed by atoms with Crippen molar-refractivity contribution in [3.63, 3.8) is 0 Å². The molecule has 0 unspecified atom stereocenters. The van der Waals surface area contributed by atoms with Crippen LogP contribution < -0.4 is 0 Å². The topological polar surface area (TPSA) is 34.9 Å². The SMILES string of the molecule is Cc1c(C)n(C(=O)CSc2nc3ccccc3s2)c2ccccc12. The summed E-state index contributed by atoms with van der Waals surface area (Å²) in [6.45, 7) is 4.08. The largest absolute Gasteiger partial charge is 0.284 e. The number of carbonyl (C=O) groups excluding carboxylic acids is 1. The van der Waals surface area contributed by atoms with Crippen molar-refractivity contribution in [3.8, 4) is 0 Å². The summed E-state index contributed by atoms with van der Waals surface area (Å²) in [7, 11) is 0. The van der Waals surface area contributed by atoms with Gasteiger partial charge in [-0.15, -0.1) is 11.3 Å². The number of hydrogen-bond donors (Lipinski definition) is 0. The molecule has 120 valence electrons. The Morgan fingerprint density at radius 1 is 1.12 bits per heavy atom. The molecule has 0 aliphatic rings. The molecule has 0 bridgehead atoms. The molecule has 3 nitrogen and oxygen atoms in total. The van der Waals surface area contributed by atoms with Gasteiger partial charge in [0.05, 0.1) is 21.5 Å². The van der Waals surface area contributed by atoms with Crippen molar-refractivity contribution >= 4 is 50.1 Å². The van der Waals surface area contributed by atoms with Crippen LogP contribution in [-0.2, 0) is 0 Å². The molecule has 2 aromatic carbocycles. The zero-order chi connectivity index (χ0) is 16.7. The summed E-state index contributed by atoms with van der Waals surface area (Å²) in [5, 5.41) is 1.15. The molecule has 5 heteroatoms. The molecule has 2 aromatic heterocycles. The van der Waals surface area contributed by atoms with Crippen molar-refractivity contribution in [3.05, 3.63) is 59.8 Å². The normalized spacial score (nSPS) is 11.4. The van der Waals surface area contributed by atoms with Crippen LogP contribution in [0.2, 0.25) is 0 Å². The van der Waals surface area contributed by atoms with E-state index in [0.717, 1.165) is 31.2 Å². The summed E-state index contributed by atoms with van der Waals surface area (Å²) in [5.74, 6) is 0.486. The number of benzene rings is 2. The van der Waals surface area contributed by atoms with E-state index in [4.69, 9.17) is 0 Å². The van der Waals surface area contributed by atoms with E-state index in [0.29, 0.717) is 5.75 Å². The van der Waals surface area contributed by atoms with E-state index in [1.165, 1.54) is 17.3 Å². The Balaban J connectivity index is 1.62. The first-order valence-electron chi connectivity index (χ1n) is 7.73. The van der Waals surface area contributed by atoms with Gasteiger partial charge in [-0.1, -0.05) is 42.1 Å². The van der Waals surface area contributed by atoms with Gasteiger partial charge in [-0.3, -0.25) is 9.36 Å². The van der Waals surface area contributed by atoms with Crippen molar-refractivity contribution < 1.29 is 4.79 Å². The standard InChI is InChI=1S/C19H16N2OS2/c1-12-13(2)21(16-9-5-3-7-14(12)16)18(22)11-23-19-20-15-8-4-6-10-17(15)24-19/h3-10H,11H2,1-2H3. The Kier molecular flexibility index (Phi) is 3.90. The minimum Gasteiger partial charge on any atom is -0.284 e. The number of nitrogens with zero attached hydrogens (tertiary/aromatic N) is 2. The van der Waals surface area contributed by atoms with E-state index in [9.17, 15) is 4.79 Å². The number of thiazole rings is 1. The first kappa shape index (κ1) is 15.4. The predicted molar refractivity (Wildman–Crippen MR) is 102 cm³/mol. The van der Waals surface area contributed by atoms with Gasteiger partial charge in [0, 0.05) is 11.1 Å². The molecule has 4 rings (SSSR count). The first-order chi connectivity index (χ1) is 11.6. The first-order valence-corrected chi connectivity index (χ1v) is 9.53. The van der Waals surface area contributed by atoms with Crippen LogP contribution in [0, 0.1) is 13.8 Å². The number of para-hydroxylation sites is 2. The quantitative estimate of drug-likeness (QED) is 0.469. The van der Waals surface area contributed by atoms with Gasteiger partial charge < -0.3 is 0 Å². The monoisotopic (exact) mass is 352 g/mol. The Labute approximate surface area is 148 Å². The number of fused-ring (bicyclic) bond motifs is 2. The average molecular weight is 352 g/mol. The number of aromatic nitrogens is 2. The Morgan fingerprint density at radius 2 is 1.88 bits per heavy atom. The third-order valence-corrected chi connectivity index (χ3v) is 6.43. The van der Waals surface area contributed by atoms with Crippen LogP contribution in [0.3, 0.4) is 0 Å².